The molecule has 2 bridgehead atoms. The predicted octanol–water partition coefficient (Wildman–Crippen LogP) is 4.31. The molecule has 1 aliphatic carbocycles. The van der Waals surface area contributed by atoms with Crippen LogP contribution in [0.5, 0.6) is 0 Å². The number of carbonyl (C=O) groups excluding carboxylic acids is 1. The predicted molar refractivity (Wildman–Crippen MR) is 103 cm³/mol. The SMILES string of the molecule is C[C@@H]1[C@@H]2C=C[C@@H]([C@@H](COCc3ccccc3)C2)N1C(=O)c1ccccc1. The number of nitrogens with zero attached hydrogens (tertiary/aromatic N) is 1. The molecule has 1 amide bonds. The molecule has 0 spiro atoms. The summed E-state index contributed by atoms with van der Waals surface area (Å²) in [6.07, 6.45) is 5.60. The minimum absolute atomic E-state index is 0.124. The summed E-state index contributed by atoms with van der Waals surface area (Å²) in [6.45, 7) is 3.48. The van der Waals surface area contributed by atoms with E-state index in [4.69, 9.17) is 4.74 Å². The van der Waals surface area contributed by atoms with Gasteiger partial charge in [0.15, 0.2) is 0 Å². The van der Waals surface area contributed by atoms with E-state index in [0.717, 1.165) is 12.0 Å². The smallest absolute Gasteiger partial charge is 0.254 e. The van der Waals surface area contributed by atoms with Gasteiger partial charge >= 0.3 is 0 Å². The number of rotatable bonds is 5. The first kappa shape index (κ1) is 17.0. The molecule has 0 saturated carbocycles. The number of piperidine rings is 1. The fourth-order valence-corrected chi connectivity index (χ4v) is 4.26. The van der Waals surface area contributed by atoms with Crippen molar-refractivity contribution in [3.05, 3.63) is 83.9 Å². The summed E-state index contributed by atoms with van der Waals surface area (Å²) in [5.41, 5.74) is 1.96. The Morgan fingerprint density at radius 3 is 2.46 bits per heavy atom. The van der Waals surface area contributed by atoms with Gasteiger partial charge in [0.2, 0.25) is 0 Å². The van der Waals surface area contributed by atoms with E-state index in [9.17, 15) is 4.79 Å². The Hall–Kier alpha value is -2.39. The van der Waals surface area contributed by atoms with Gasteiger partial charge in [-0.05, 0) is 37.0 Å². The van der Waals surface area contributed by atoms with Crippen molar-refractivity contribution in [1.82, 2.24) is 4.90 Å². The van der Waals surface area contributed by atoms with Gasteiger partial charge in [-0.15, -0.1) is 0 Å². The summed E-state index contributed by atoms with van der Waals surface area (Å²) in [7, 11) is 0. The maximum absolute atomic E-state index is 13.1. The largest absolute Gasteiger partial charge is 0.376 e. The van der Waals surface area contributed by atoms with E-state index in [1.165, 1.54) is 5.56 Å². The fourth-order valence-electron chi connectivity index (χ4n) is 4.26. The maximum Gasteiger partial charge on any atom is 0.254 e. The molecule has 1 saturated heterocycles. The number of amides is 1. The van der Waals surface area contributed by atoms with E-state index in [0.29, 0.717) is 25.0 Å². The average Bonchev–Trinajstić information content (AvgIpc) is 2.70. The number of carbonyl (C=O) groups is 1. The highest BCUT2D eigenvalue weighted by Gasteiger charge is 2.44. The second kappa shape index (κ2) is 7.46. The highest BCUT2D eigenvalue weighted by Crippen LogP contribution is 2.39. The zero-order valence-corrected chi connectivity index (χ0v) is 15.1. The van der Waals surface area contributed by atoms with Crippen LogP contribution in [0.25, 0.3) is 0 Å². The molecule has 3 heteroatoms. The van der Waals surface area contributed by atoms with E-state index in [1.54, 1.807) is 0 Å². The number of hydrogen-bond donors (Lipinski definition) is 0. The van der Waals surface area contributed by atoms with Gasteiger partial charge in [-0.3, -0.25) is 4.79 Å². The molecule has 3 nitrogen and oxygen atoms in total. The molecule has 2 aliphatic heterocycles. The lowest BCUT2D eigenvalue weighted by atomic mass is 9.73. The third kappa shape index (κ3) is 3.32. The number of hydrogen-bond acceptors (Lipinski definition) is 2. The molecule has 1 fully saturated rings. The van der Waals surface area contributed by atoms with Gasteiger partial charge in [0.05, 0.1) is 19.3 Å². The number of benzene rings is 2. The molecule has 0 aromatic heterocycles. The van der Waals surface area contributed by atoms with E-state index < -0.39 is 0 Å². The third-order valence-corrected chi connectivity index (χ3v) is 5.69. The van der Waals surface area contributed by atoms with Crippen LogP contribution in [0.3, 0.4) is 0 Å². The molecule has 0 unspecified atom stereocenters. The molecule has 2 aromatic carbocycles. The summed E-state index contributed by atoms with van der Waals surface area (Å²) in [5.74, 6) is 0.903. The summed E-state index contributed by atoms with van der Waals surface area (Å²) in [4.78, 5) is 15.2. The minimum Gasteiger partial charge on any atom is -0.376 e. The molecule has 2 heterocycles. The van der Waals surface area contributed by atoms with Crippen molar-refractivity contribution in [2.45, 2.75) is 32.0 Å². The Kier molecular flexibility index (Phi) is 4.89. The summed E-state index contributed by atoms with van der Waals surface area (Å²) >= 11 is 0. The molecule has 4 atom stereocenters. The lowest BCUT2D eigenvalue weighted by molar-refractivity contribution is -0.00863. The van der Waals surface area contributed by atoms with Crippen molar-refractivity contribution in [2.75, 3.05) is 6.61 Å². The van der Waals surface area contributed by atoms with Crippen molar-refractivity contribution >= 4 is 5.91 Å². The topological polar surface area (TPSA) is 29.5 Å². The molecule has 3 aliphatic rings. The van der Waals surface area contributed by atoms with Crippen molar-refractivity contribution in [2.24, 2.45) is 11.8 Å². The average molecular weight is 347 g/mol. The van der Waals surface area contributed by atoms with E-state index >= 15 is 0 Å². The maximum atomic E-state index is 13.1. The Balaban J connectivity index is 1.45. The normalized spacial score (nSPS) is 26.9. The highest BCUT2D eigenvalue weighted by molar-refractivity contribution is 5.95. The summed E-state index contributed by atoms with van der Waals surface area (Å²) in [5, 5.41) is 0. The van der Waals surface area contributed by atoms with Crippen LogP contribution in [-0.4, -0.2) is 29.5 Å². The van der Waals surface area contributed by atoms with E-state index in [-0.39, 0.29) is 18.0 Å². The standard InChI is InChI=1S/C23H25NO2/c1-17-20-12-13-22(24(17)23(25)19-10-6-3-7-11-19)21(14-20)16-26-15-18-8-4-2-5-9-18/h2-13,17,20-22H,14-16H2,1H3/t17-,20-,21-,22+/m1/s1. The van der Waals surface area contributed by atoms with Crippen LogP contribution in [0.4, 0.5) is 0 Å². The third-order valence-electron chi connectivity index (χ3n) is 5.69. The van der Waals surface area contributed by atoms with Crippen LogP contribution in [0.1, 0.15) is 29.3 Å². The van der Waals surface area contributed by atoms with Crippen molar-refractivity contribution in [3.63, 3.8) is 0 Å². The van der Waals surface area contributed by atoms with Gasteiger partial charge < -0.3 is 9.64 Å². The summed E-state index contributed by atoms with van der Waals surface area (Å²) in [6, 6.07) is 20.2. The lowest BCUT2D eigenvalue weighted by Gasteiger charge is -2.50. The quantitative estimate of drug-likeness (QED) is 0.755. The van der Waals surface area contributed by atoms with Gasteiger partial charge in [-0.25, -0.2) is 0 Å². The first-order chi connectivity index (χ1) is 12.7. The molecule has 2 aromatic rings. The molecule has 5 rings (SSSR count). The van der Waals surface area contributed by atoms with E-state index in [1.807, 2.05) is 48.5 Å². The zero-order valence-electron chi connectivity index (χ0n) is 15.1. The summed E-state index contributed by atoms with van der Waals surface area (Å²) < 4.78 is 6.01. The molecular formula is C23H25NO2. The Bertz CT molecular complexity index is 771. The molecular weight excluding hydrogens is 322 g/mol. The minimum atomic E-state index is 0.124. The van der Waals surface area contributed by atoms with Crippen molar-refractivity contribution in [3.8, 4) is 0 Å². The van der Waals surface area contributed by atoms with Crippen molar-refractivity contribution < 1.29 is 9.53 Å². The van der Waals surface area contributed by atoms with E-state index in [2.05, 4.69) is 36.1 Å². The lowest BCUT2D eigenvalue weighted by Crippen LogP contribution is -2.58. The number of fused-ring (bicyclic) bond motifs is 2. The molecule has 0 radical (unpaired) electrons. The van der Waals surface area contributed by atoms with Gasteiger partial charge in [-0.2, -0.15) is 0 Å². The second-order valence-corrected chi connectivity index (χ2v) is 7.35. The van der Waals surface area contributed by atoms with Crippen LogP contribution in [0, 0.1) is 11.8 Å². The van der Waals surface area contributed by atoms with Crippen LogP contribution >= 0.6 is 0 Å². The monoisotopic (exact) mass is 347 g/mol. The number of ether oxygens (including phenoxy) is 1. The van der Waals surface area contributed by atoms with Crippen LogP contribution in [-0.2, 0) is 11.3 Å². The first-order valence-corrected chi connectivity index (χ1v) is 9.42. The Morgan fingerprint density at radius 1 is 1.04 bits per heavy atom. The Labute approximate surface area is 155 Å². The fraction of sp³-hybridized carbons (Fsp3) is 0.348. The molecule has 0 N–H and O–H groups in total. The first-order valence-electron chi connectivity index (χ1n) is 9.42. The Morgan fingerprint density at radius 2 is 1.73 bits per heavy atom. The zero-order chi connectivity index (χ0) is 17.9. The van der Waals surface area contributed by atoms with Gasteiger partial charge in [0.1, 0.15) is 0 Å². The van der Waals surface area contributed by atoms with Crippen LogP contribution < -0.4 is 0 Å². The van der Waals surface area contributed by atoms with Gasteiger partial charge in [0, 0.05) is 17.5 Å². The molecule has 134 valence electrons. The van der Waals surface area contributed by atoms with Gasteiger partial charge in [0.25, 0.3) is 5.91 Å². The molecule has 26 heavy (non-hydrogen) atoms. The highest BCUT2D eigenvalue weighted by atomic mass is 16.5. The van der Waals surface area contributed by atoms with Crippen LogP contribution in [0.15, 0.2) is 72.8 Å². The van der Waals surface area contributed by atoms with Gasteiger partial charge in [-0.1, -0.05) is 60.7 Å². The van der Waals surface area contributed by atoms with Crippen LogP contribution in [0.2, 0.25) is 0 Å². The van der Waals surface area contributed by atoms with Crippen molar-refractivity contribution in [1.29, 1.82) is 0 Å². The second-order valence-electron chi connectivity index (χ2n) is 7.35.